The van der Waals surface area contributed by atoms with Crippen molar-refractivity contribution in [3.05, 3.63) is 62.5 Å². The van der Waals surface area contributed by atoms with Gasteiger partial charge in [-0.3, -0.25) is 14.7 Å². The van der Waals surface area contributed by atoms with Crippen molar-refractivity contribution in [2.75, 3.05) is 0 Å². The molecule has 0 spiro atoms. The van der Waals surface area contributed by atoms with E-state index in [4.69, 9.17) is 11.6 Å². The summed E-state index contributed by atoms with van der Waals surface area (Å²) in [5.41, 5.74) is 4.23. The molecule has 1 amide bonds. The summed E-state index contributed by atoms with van der Waals surface area (Å²) in [5, 5.41) is 17.8. The fourth-order valence-electron chi connectivity index (χ4n) is 7.02. The Morgan fingerprint density at radius 3 is 2.82 bits per heavy atom. The van der Waals surface area contributed by atoms with Gasteiger partial charge in [-0.25, -0.2) is 0 Å². The van der Waals surface area contributed by atoms with Crippen molar-refractivity contribution in [2.45, 2.75) is 70.5 Å². The number of aromatic nitrogens is 3. The van der Waals surface area contributed by atoms with Crippen LogP contribution >= 0.6 is 22.9 Å². The quantitative estimate of drug-likeness (QED) is 0.555. The molecule has 1 aliphatic heterocycles. The first-order valence-electron chi connectivity index (χ1n) is 12.3. The number of nitrogens with zero attached hydrogens (tertiary/aromatic N) is 3. The van der Waals surface area contributed by atoms with Gasteiger partial charge in [0.05, 0.1) is 12.6 Å². The van der Waals surface area contributed by atoms with E-state index in [2.05, 4.69) is 38.4 Å². The maximum absolute atomic E-state index is 13.3. The second-order valence-corrected chi connectivity index (χ2v) is 12.3. The number of hydrogen-bond acceptors (Lipinski definition) is 5. The van der Waals surface area contributed by atoms with Gasteiger partial charge in [0.1, 0.15) is 10.8 Å². The van der Waals surface area contributed by atoms with Crippen molar-refractivity contribution in [1.29, 1.82) is 0 Å². The van der Waals surface area contributed by atoms with E-state index in [0.717, 1.165) is 35.1 Å². The summed E-state index contributed by atoms with van der Waals surface area (Å²) < 4.78 is 2.18. The summed E-state index contributed by atoms with van der Waals surface area (Å²) in [6.45, 7) is 4.89. The summed E-state index contributed by atoms with van der Waals surface area (Å²) in [6, 6.07) is 8.00. The number of aryl methyl sites for hydroxylation is 1. The number of halogens is 1. The van der Waals surface area contributed by atoms with Gasteiger partial charge in [-0.15, -0.1) is 21.5 Å². The van der Waals surface area contributed by atoms with Crippen molar-refractivity contribution >= 4 is 28.8 Å². The van der Waals surface area contributed by atoms with Gasteiger partial charge in [0, 0.05) is 26.9 Å². The third-order valence-corrected chi connectivity index (χ3v) is 10.3. The minimum Gasteiger partial charge on any atom is -0.350 e. The molecule has 176 valence electrons. The number of carbonyl (C=O) groups is 1. The normalized spacial score (nSPS) is 30.4. The molecule has 8 rings (SSSR count). The molecule has 1 aromatic carbocycles. The molecule has 0 radical (unpaired) electrons. The summed E-state index contributed by atoms with van der Waals surface area (Å²) in [6.07, 6.45) is 6.32. The Labute approximate surface area is 208 Å². The Balaban J connectivity index is 1.24. The smallest absolute Gasteiger partial charge is 0.224 e. The molecule has 3 saturated carbocycles. The molecule has 0 saturated heterocycles. The molecule has 34 heavy (non-hydrogen) atoms. The average molecular weight is 494 g/mol. The molecule has 6 nitrogen and oxygen atoms in total. The molecule has 8 heteroatoms. The molecule has 2 bridgehead atoms. The number of carbonyl (C=O) groups excluding carboxylic acids is 1. The van der Waals surface area contributed by atoms with E-state index in [9.17, 15) is 4.79 Å². The summed E-state index contributed by atoms with van der Waals surface area (Å²) in [5.74, 6) is 2.05. The molecular weight excluding hydrogens is 466 g/mol. The number of thiophene rings is 1. The zero-order valence-electron chi connectivity index (χ0n) is 19.4. The summed E-state index contributed by atoms with van der Waals surface area (Å²) in [4.78, 5) is 14.6. The maximum atomic E-state index is 13.3. The van der Waals surface area contributed by atoms with Gasteiger partial charge < -0.3 is 5.32 Å². The Morgan fingerprint density at radius 2 is 2.06 bits per heavy atom. The Morgan fingerprint density at radius 1 is 1.26 bits per heavy atom. The van der Waals surface area contributed by atoms with Crippen LogP contribution in [0.2, 0.25) is 5.02 Å². The average Bonchev–Trinajstić information content (AvgIpc) is 3.41. The number of rotatable bonds is 4. The molecule has 2 atom stereocenters. The van der Waals surface area contributed by atoms with E-state index < -0.39 is 0 Å². The summed E-state index contributed by atoms with van der Waals surface area (Å²) >= 11 is 8.47. The fourth-order valence-corrected chi connectivity index (χ4v) is 8.78. The van der Waals surface area contributed by atoms with Crippen LogP contribution in [0.25, 0.3) is 5.00 Å². The van der Waals surface area contributed by atoms with Gasteiger partial charge in [-0.2, -0.15) is 0 Å². The van der Waals surface area contributed by atoms with Gasteiger partial charge >= 0.3 is 0 Å². The Bertz CT molecular complexity index is 1320. The topological polar surface area (TPSA) is 71.8 Å². The van der Waals surface area contributed by atoms with E-state index in [1.165, 1.54) is 46.7 Å². The second-order valence-electron chi connectivity index (χ2n) is 10.8. The Kier molecular flexibility index (Phi) is 4.44. The predicted octanol–water partition coefficient (Wildman–Crippen LogP) is 4.65. The van der Waals surface area contributed by atoms with Crippen molar-refractivity contribution < 1.29 is 4.79 Å². The number of hydrogen-bond donors (Lipinski definition) is 2. The van der Waals surface area contributed by atoms with Crippen molar-refractivity contribution in [3.8, 4) is 5.00 Å². The van der Waals surface area contributed by atoms with Crippen LogP contribution in [-0.4, -0.2) is 26.2 Å². The molecule has 3 fully saturated rings. The van der Waals surface area contributed by atoms with E-state index in [1.54, 1.807) is 11.3 Å². The Hall–Kier alpha value is -2.22. The minimum absolute atomic E-state index is 0.00906. The largest absolute Gasteiger partial charge is 0.350 e. The van der Waals surface area contributed by atoms with E-state index in [0.29, 0.717) is 12.0 Å². The monoisotopic (exact) mass is 493 g/mol. The molecule has 5 aliphatic rings. The lowest BCUT2D eigenvalue weighted by Gasteiger charge is -2.71. The van der Waals surface area contributed by atoms with Gasteiger partial charge in [0.15, 0.2) is 5.82 Å². The molecule has 2 aromatic heterocycles. The predicted molar refractivity (Wildman–Crippen MR) is 132 cm³/mol. The zero-order valence-corrected chi connectivity index (χ0v) is 21.0. The lowest BCUT2D eigenvalue weighted by atomic mass is 9.38. The highest BCUT2D eigenvalue weighted by Crippen LogP contribution is 2.68. The van der Waals surface area contributed by atoms with E-state index >= 15 is 0 Å². The van der Waals surface area contributed by atoms with Crippen LogP contribution in [-0.2, 0) is 24.2 Å². The van der Waals surface area contributed by atoms with Crippen molar-refractivity contribution in [2.24, 2.45) is 11.3 Å². The van der Waals surface area contributed by atoms with Gasteiger partial charge in [-0.1, -0.05) is 43.1 Å². The van der Waals surface area contributed by atoms with Crippen LogP contribution < -0.4 is 10.6 Å². The maximum Gasteiger partial charge on any atom is 0.224 e. The molecule has 3 aromatic rings. The van der Waals surface area contributed by atoms with Crippen LogP contribution in [0.3, 0.4) is 0 Å². The second kappa shape index (κ2) is 7.15. The summed E-state index contributed by atoms with van der Waals surface area (Å²) in [7, 11) is 0. The van der Waals surface area contributed by atoms with Crippen LogP contribution in [0.5, 0.6) is 0 Å². The molecule has 3 heterocycles. The molecule has 4 aliphatic carbocycles. The van der Waals surface area contributed by atoms with Crippen LogP contribution in [0.4, 0.5) is 0 Å². The van der Waals surface area contributed by atoms with E-state index in [1.807, 2.05) is 25.1 Å². The fraction of sp³-hybridized carbons (Fsp3) is 0.500. The first kappa shape index (κ1) is 21.1. The van der Waals surface area contributed by atoms with Crippen molar-refractivity contribution in [3.63, 3.8) is 0 Å². The molecule has 0 unspecified atom stereocenters. The third kappa shape index (κ3) is 2.87. The minimum atomic E-state index is -0.0476. The van der Waals surface area contributed by atoms with Crippen LogP contribution in [0.1, 0.15) is 71.9 Å². The van der Waals surface area contributed by atoms with Gasteiger partial charge in [0.2, 0.25) is 5.91 Å². The highest BCUT2D eigenvalue weighted by molar-refractivity contribution is 7.15. The van der Waals surface area contributed by atoms with Gasteiger partial charge in [-0.05, 0) is 61.6 Å². The lowest BCUT2D eigenvalue weighted by molar-refractivity contribution is -0.168. The zero-order chi connectivity index (χ0) is 23.2. The number of nitrogens with one attached hydrogen (secondary N) is 2. The number of amides is 1. The first-order valence-corrected chi connectivity index (χ1v) is 13.5. The van der Waals surface area contributed by atoms with Crippen LogP contribution in [0.15, 0.2) is 24.3 Å². The van der Waals surface area contributed by atoms with Gasteiger partial charge in [0.25, 0.3) is 0 Å². The highest BCUT2D eigenvalue weighted by atomic mass is 35.5. The SMILES string of the molecule is CCC12CC(NC(=O)[C@@H]3Cc4sc5c(c4C3)[C@H](c3ccccc3Cl)NCc3nnc(C)n3-5)(C1)C2. The number of fused-ring (bicyclic) bond motifs is 5. The third-order valence-electron chi connectivity index (χ3n) is 8.71. The standard InChI is InChI=1S/C26H28ClN5OS/c1-3-25-11-26(12-25,13-25)29-23(33)15-8-17-19(9-15)34-24-21(17)22(16-6-4-5-7-18(16)27)28-10-20-31-30-14(2)32(20)24/h4-7,15,22,28H,3,8-13H2,1-2H3,(H,29,33)/t15-,22-,25?,26?/m0/s1. The van der Waals surface area contributed by atoms with Crippen molar-refractivity contribution in [1.82, 2.24) is 25.4 Å². The van der Waals surface area contributed by atoms with E-state index in [-0.39, 0.29) is 23.4 Å². The highest BCUT2D eigenvalue weighted by Gasteiger charge is 2.67. The lowest BCUT2D eigenvalue weighted by Crippen LogP contribution is -2.74. The van der Waals surface area contributed by atoms with Crippen LogP contribution in [0, 0.1) is 18.3 Å². The molecule has 2 N–H and O–H groups in total. The molecular formula is C26H28ClN5OS. The first-order chi connectivity index (χ1) is 16.4. The number of benzene rings is 1.